The number of anilines is 1. The number of carbonyl (C=O) groups is 1. The lowest BCUT2D eigenvalue weighted by atomic mass is 10.1. The molecule has 0 heterocycles. The molecule has 1 atom stereocenters. The van der Waals surface area contributed by atoms with Crippen molar-refractivity contribution in [2.45, 2.75) is 26.8 Å². The smallest absolute Gasteiger partial charge is 0.258 e. The second-order valence-corrected chi connectivity index (χ2v) is 8.09. The molecule has 0 bridgehead atoms. The van der Waals surface area contributed by atoms with Crippen LogP contribution < -0.4 is 14.8 Å². The summed E-state index contributed by atoms with van der Waals surface area (Å²) in [5.41, 5.74) is 3.47. The summed E-state index contributed by atoms with van der Waals surface area (Å²) in [5.74, 6) is 0.463. The lowest BCUT2D eigenvalue weighted by Gasteiger charge is -2.16. The molecule has 2 N–H and O–H groups in total. The minimum absolute atomic E-state index is 0.0675. The maximum atomic E-state index is 12.1. The van der Waals surface area contributed by atoms with Crippen molar-refractivity contribution in [2.75, 3.05) is 17.6 Å². The van der Waals surface area contributed by atoms with Gasteiger partial charge in [0.2, 0.25) is 10.0 Å². The summed E-state index contributed by atoms with van der Waals surface area (Å²) in [6, 6.07) is 12.4. The van der Waals surface area contributed by atoms with Crippen LogP contribution in [0.2, 0.25) is 0 Å². The highest BCUT2D eigenvalue weighted by molar-refractivity contribution is 7.92. The van der Waals surface area contributed by atoms with E-state index in [0.717, 1.165) is 22.9 Å². The Hall–Kier alpha value is -2.54. The lowest BCUT2D eigenvalue weighted by Crippen LogP contribution is -2.31. The van der Waals surface area contributed by atoms with Crippen LogP contribution in [-0.2, 0) is 14.8 Å². The van der Waals surface area contributed by atoms with E-state index in [2.05, 4.69) is 10.0 Å². The molecule has 1 amide bonds. The first kappa shape index (κ1) is 19.8. The van der Waals surface area contributed by atoms with Crippen LogP contribution in [0.15, 0.2) is 42.5 Å². The van der Waals surface area contributed by atoms with Crippen LogP contribution in [0, 0.1) is 13.8 Å². The van der Waals surface area contributed by atoms with Gasteiger partial charge in [-0.2, -0.15) is 0 Å². The molecule has 6 nitrogen and oxygen atoms in total. The average molecular weight is 376 g/mol. The van der Waals surface area contributed by atoms with E-state index >= 15 is 0 Å². The molecular weight excluding hydrogens is 352 g/mol. The molecule has 0 aliphatic carbocycles. The van der Waals surface area contributed by atoms with Gasteiger partial charge in [0.25, 0.3) is 5.91 Å². The number of benzene rings is 2. The maximum Gasteiger partial charge on any atom is 0.258 e. The van der Waals surface area contributed by atoms with Gasteiger partial charge in [0.15, 0.2) is 6.61 Å². The molecule has 26 heavy (non-hydrogen) atoms. The topological polar surface area (TPSA) is 84.5 Å². The summed E-state index contributed by atoms with van der Waals surface area (Å²) >= 11 is 0. The molecule has 0 saturated carbocycles. The zero-order valence-corrected chi connectivity index (χ0v) is 16.2. The zero-order valence-electron chi connectivity index (χ0n) is 15.4. The van der Waals surface area contributed by atoms with Crippen LogP contribution in [-0.4, -0.2) is 27.2 Å². The van der Waals surface area contributed by atoms with Crippen LogP contribution in [0.25, 0.3) is 0 Å². The fourth-order valence-corrected chi connectivity index (χ4v) is 3.09. The Morgan fingerprint density at radius 1 is 1.12 bits per heavy atom. The summed E-state index contributed by atoms with van der Waals surface area (Å²) in [5, 5.41) is 2.86. The van der Waals surface area contributed by atoms with E-state index in [4.69, 9.17) is 4.74 Å². The number of amides is 1. The molecule has 0 aliphatic rings. The second-order valence-electron chi connectivity index (χ2n) is 6.34. The molecule has 0 saturated heterocycles. The Balaban J connectivity index is 1.90. The fourth-order valence-electron chi connectivity index (χ4n) is 2.52. The van der Waals surface area contributed by atoms with Gasteiger partial charge in [-0.15, -0.1) is 0 Å². The molecule has 0 radical (unpaired) electrons. The van der Waals surface area contributed by atoms with E-state index in [1.165, 1.54) is 0 Å². The van der Waals surface area contributed by atoms with Crippen molar-refractivity contribution in [1.82, 2.24) is 5.32 Å². The highest BCUT2D eigenvalue weighted by Gasteiger charge is 2.11. The Bertz CT molecular complexity index is 877. The van der Waals surface area contributed by atoms with Gasteiger partial charge >= 0.3 is 0 Å². The predicted octanol–water partition coefficient (Wildman–Crippen LogP) is 2.93. The molecular formula is C19H24N2O4S. The van der Waals surface area contributed by atoms with E-state index in [1.54, 1.807) is 24.3 Å². The molecule has 0 unspecified atom stereocenters. The highest BCUT2D eigenvalue weighted by atomic mass is 32.2. The Morgan fingerprint density at radius 3 is 2.35 bits per heavy atom. The van der Waals surface area contributed by atoms with Gasteiger partial charge in [-0.3, -0.25) is 9.52 Å². The van der Waals surface area contributed by atoms with Crippen LogP contribution in [0.5, 0.6) is 5.75 Å². The number of aryl methyl sites for hydroxylation is 2. The third kappa shape index (κ3) is 6.07. The summed E-state index contributed by atoms with van der Waals surface area (Å²) in [7, 11) is -3.31. The summed E-state index contributed by atoms with van der Waals surface area (Å²) in [6.45, 7) is 5.73. The molecule has 2 rings (SSSR count). The van der Waals surface area contributed by atoms with Gasteiger partial charge in [0.1, 0.15) is 5.75 Å². The van der Waals surface area contributed by atoms with Gasteiger partial charge in [0.05, 0.1) is 12.3 Å². The second kappa shape index (κ2) is 8.23. The Kier molecular flexibility index (Phi) is 6.26. The van der Waals surface area contributed by atoms with Crippen LogP contribution in [0.3, 0.4) is 0 Å². The SMILES string of the molecule is Cc1ccc(OCC(=O)N[C@H](C)c2ccc(NS(C)(=O)=O)cc2)c(C)c1. The molecule has 140 valence electrons. The van der Waals surface area contributed by atoms with E-state index in [1.807, 2.05) is 39.0 Å². The van der Waals surface area contributed by atoms with Crippen molar-refractivity contribution in [1.29, 1.82) is 0 Å². The highest BCUT2D eigenvalue weighted by Crippen LogP contribution is 2.19. The van der Waals surface area contributed by atoms with Gasteiger partial charge in [-0.1, -0.05) is 29.8 Å². The number of rotatable bonds is 7. The zero-order chi connectivity index (χ0) is 19.3. The number of sulfonamides is 1. The number of nitrogens with one attached hydrogen (secondary N) is 2. The lowest BCUT2D eigenvalue weighted by molar-refractivity contribution is -0.123. The largest absolute Gasteiger partial charge is 0.484 e. The van der Waals surface area contributed by atoms with Crippen molar-refractivity contribution in [3.63, 3.8) is 0 Å². The fraction of sp³-hybridized carbons (Fsp3) is 0.316. The van der Waals surface area contributed by atoms with E-state index < -0.39 is 10.0 Å². The molecule has 0 fully saturated rings. The van der Waals surface area contributed by atoms with Crippen molar-refractivity contribution in [3.8, 4) is 5.75 Å². The number of ether oxygens (including phenoxy) is 1. The molecule has 7 heteroatoms. The number of hydrogen-bond acceptors (Lipinski definition) is 4. The van der Waals surface area contributed by atoms with E-state index in [-0.39, 0.29) is 18.6 Å². The van der Waals surface area contributed by atoms with Gasteiger partial charge in [-0.25, -0.2) is 8.42 Å². The van der Waals surface area contributed by atoms with E-state index in [9.17, 15) is 13.2 Å². The normalized spacial score (nSPS) is 12.3. The Morgan fingerprint density at radius 2 is 1.77 bits per heavy atom. The first-order chi connectivity index (χ1) is 12.1. The molecule has 2 aromatic carbocycles. The van der Waals surface area contributed by atoms with Crippen LogP contribution >= 0.6 is 0 Å². The van der Waals surface area contributed by atoms with Crippen molar-refractivity contribution >= 4 is 21.6 Å². The van der Waals surface area contributed by atoms with Crippen molar-refractivity contribution in [3.05, 3.63) is 59.2 Å². The minimum Gasteiger partial charge on any atom is -0.484 e. The van der Waals surface area contributed by atoms with Crippen molar-refractivity contribution in [2.24, 2.45) is 0 Å². The van der Waals surface area contributed by atoms with E-state index in [0.29, 0.717) is 11.4 Å². The maximum absolute atomic E-state index is 12.1. The third-order valence-corrected chi connectivity index (χ3v) is 4.39. The predicted molar refractivity (Wildman–Crippen MR) is 103 cm³/mol. The average Bonchev–Trinajstić information content (AvgIpc) is 2.53. The third-order valence-electron chi connectivity index (χ3n) is 3.78. The van der Waals surface area contributed by atoms with Crippen LogP contribution in [0.1, 0.15) is 29.7 Å². The van der Waals surface area contributed by atoms with Crippen LogP contribution in [0.4, 0.5) is 5.69 Å². The minimum atomic E-state index is -3.31. The standard InChI is InChI=1S/C19H24N2O4S/c1-13-5-10-18(14(2)11-13)25-12-19(22)20-15(3)16-6-8-17(9-7-16)21-26(4,23)24/h5-11,15,21H,12H2,1-4H3,(H,20,22)/t15-/m1/s1. The first-order valence-corrected chi connectivity index (χ1v) is 10.1. The molecule has 2 aromatic rings. The molecule has 0 aromatic heterocycles. The van der Waals surface area contributed by atoms with Gasteiger partial charge in [-0.05, 0) is 50.1 Å². The number of carbonyl (C=O) groups excluding carboxylic acids is 1. The van der Waals surface area contributed by atoms with Crippen molar-refractivity contribution < 1.29 is 17.9 Å². The summed E-state index contributed by atoms with van der Waals surface area (Å²) < 4.78 is 30.4. The Labute approximate surface area is 154 Å². The summed E-state index contributed by atoms with van der Waals surface area (Å²) in [6.07, 6.45) is 1.10. The van der Waals surface area contributed by atoms with Gasteiger partial charge < -0.3 is 10.1 Å². The quantitative estimate of drug-likeness (QED) is 0.778. The summed E-state index contributed by atoms with van der Waals surface area (Å²) in [4.78, 5) is 12.1. The monoisotopic (exact) mass is 376 g/mol. The molecule has 0 spiro atoms. The number of hydrogen-bond donors (Lipinski definition) is 2. The first-order valence-electron chi connectivity index (χ1n) is 8.21. The molecule has 0 aliphatic heterocycles. The van der Waals surface area contributed by atoms with Gasteiger partial charge in [0, 0.05) is 5.69 Å².